The summed E-state index contributed by atoms with van der Waals surface area (Å²) >= 11 is 1.65. The number of carbonyl (C=O) groups is 1. The van der Waals surface area contributed by atoms with Crippen molar-refractivity contribution in [3.05, 3.63) is 82.6 Å². The normalized spacial score (nSPS) is 10.3. The standard InChI is InChI=1S/C20H19NO2S/c22-20(11-6-17-12-13-24-15-17)21-18-7-9-19(10-8-18)23-14-16-4-2-1-3-5-16/h1-5,7-10,12-13,15H,6,11,14H2,(H,21,22). The Balaban J connectivity index is 1.46. The zero-order chi connectivity index (χ0) is 16.6. The summed E-state index contributed by atoms with van der Waals surface area (Å²) in [5.41, 5.74) is 3.13. The fraction of sp³-hybridized carbons (Fsp3) is 0.150. The number of anilines is 1. The summed E-state index contributed by atoms with van der Waals surface area (Å²) in [6.45, 7) is 0.535. The molecule has 0 spiro atoms. The summed E-state index contributed by atoms with van der Waals surface area (Å²) in [5, 5.41) is 7.02. The van der Waals surface area contributed by atoms with Crippen LogP contribution in [0, 0.1) is 0 Å². The van der Waals surface area contributed by atoms with Crippen LogP contribution in [0.2, 0.25) is 0 Å². The van der Waals surface area contributed by atoms with E-state index in [0.717, 1.165) is 23.4 Å². The van der Waals surface area contributed by atoms with Gasteiger partial charge in [0.05, 0.1) is 0 Å². The van der Waals surface area contributed by atoms with Gasteiger partial charge in [-0.05, 0) is 58.6 Å². The van der Waals surface area contributed by atoms with Crippen LogP contribution in [-0.4, -0.2) is 5.91 Å². The van der Waals surface area contributed by atoms with Crippen LogP contribution in [0.1, 0.15) is 17.5 Å². The van der Waals surface area contributed by atoms with E-state index in [1.54, 1.807) is 11.3 Å². The molecule has 0 aliphatic heterocycles. The van der Waals surface area contributed by atoms with Crippen molar-refractivity contribution in [3.63, 3.8) is 0 Å². The van der Waals surface area contributed by atoms with Crippen LogP contribution in [-0.2, 0) is 17.8 Å². The molecule has 0 aliphatic rings. The van der Waals surface area contributed by atoms with Gasteiger partial charge in [-0.1, -0.05) is 30.3 Å². The first-order valence-corrected chi connectivity index (χ1v) is 8.81. The average molecular weight is 337 g/mol. The maximum atomic E-state index is 12.0. The number of aryl methyl sites for hydroxylation is 1. The fourth-order valence-electron chi connectivity index (χ4n) is 2.29. The van der Waals surface area contributed by atoms with E-state index in [4.69, 9.17) is 4.74 Å². The van der Waals surface area contributed by atoms with Crippen LogP contribution in [0.15, 0.2) is 71.4 Å². The van der Waals surface area contributed by atoms with E-state index in [0.29, 0.717) is 13.0 Å². The zero-order valence-corrected chi connectivity index (χ0v) is 14.1. The number of nitrogens with one attached hydrogen (secondary N) is 1. The minimum absolute atomic E-state index is 0.0270. The smallest absolute Gasteiger partial charge is 0.224 e. The highest BCUT2D eigenvalue weighted by Crippen LogP contribution is 2.17. The lowest BCUT2D eigenvalue weighted by molar-refractivity contribution is -0.116. The highest BCUT2D eigenvalue weighted by molar-refractivity contribution is 7.07. The summed E-state index contributed by atoms with van der Waals surface area (Å²) in [6, 6.07) is 19.6. The van der Waals surface area contributed by atoms with Gasteiger partial charge in [0.15, 0.2) is 0 Å². The summed E-state index contributed by atoms with van der Waals surface area (Å²) in [6.07, 6.45) is 1.26. The molecule has 2 aromatic carbocycles. The largest absolute Gasteiger partial charge is 0.489 e. The lowest BCUT2D eigenvalue weighted by Gasteiger charge is -2.08. The monoisotopic (exact) mass is 337 g/mol. The third kappa shape index (κ3) is 4.96. The van der Waals surface area contributed by atoms with Gasteiger partial charge in [0.1, 0.15) is 12.4 Å². The number of thiophene rings is 1. The van der Waals surface area contributed by atoms with Crippen LogP contribution in [0.4, 0.5) is 5.69 Å². The molecule has 3 aromatic rings. The van der Waals surface area contributed by atoms with Gasteiger partial charge in [-0.3, -0.25) is 4.79 Å². The molecule has 0 saturated heterocycles. The van der Waals surface area contributed by atoms with E-state index >= 15 is 0 Å². The molecule has 1 aromatic heterocycles. The molecule has 1 heterocycles. The molecule has 0 atom stereocenters. The van der Waals surface area contributed by atoms with E-state index in [1.807, 2.05) is 60.0 Å². The van der Waals surface area contributed by atoms with Gasteiger partial charge in [0.2, 0.25) is 5.91 Å². The zero-order valence-electron chi connectivity index (χ0n) is 13.3. The number of ether oxygens (including phenoxy) is 1. The van der Waals surface area contributed by atoms with E-state index < -0.39 is 0 Å². The van der Waals surface area contributed by atoms with Gasteiger partial charge in [0, 0.05) is 12.1 Å². The number of benzene rings is 2. The second-order valence-corrected chi connectivity index (χ2v) is 6.26. The molecule has 1 N–H and O–H groups in total. The maximum Gasteiger partial charge on any atom is 0.224 e. The number of hydrogen-bond donors (Lipinski definition) is 1. The van der Waals surface area contributed by atoms with Crippen LogP contribution >= 0.6 is 11.3 Å². The molecule has 0 fully saturated rings. The van der Waals surface area contributed by atoms with Gasteiger partial charge in [-0.25, -0.2) is 0 Å². The number of amides is 1. The minimum Gasteiger partial charge on any atom is -0.489 e. The summed E-state index contributed by atoms with van der Waals surface area (Å²) in [7, 11) is 0. The summed E-state index contributed by atoms with van der Waals surface area (Å²) < 4.78 is 5.74. The molecule has 0 saturated carbocycles. The molecule has 122 valence electrons. The van der Waals surface area contributed by atoms with E-state index in [-0.39, 0.29) is 5.91 Å². The molecule has 0 bridgehead atoms. The van der Waals surface area contributed by atoms with Crippen LogP contribution in [0.25, 0.3) is 0 Å². The quantitative estimate of drug-likeness (QED) is 0.666. The topological polar surface area (TPSA) is 38.3 Å². The van der Waals surface area contributed by atoms with Gasteiger partial charge < -0.3 is 10.1 Å². The van der Waals surface area contributed by atoms with Crippen LogP contribution in [0.3, 0.4) is 0 Å². The molecule has 24 heavy (non-hydrogen) atoms. The van der Waals surface area contributed by atoms with E-state index in [1.165, 1.54) is 5.56 Å². The number of hydrogen-bond acceptors (Lipinski definition) is 3. The first-order valence-electron chi connectivity index (χ1n) is 7.87. The molecule has 0 unspecified atom stereocenters. The van der Waals surface area contributed by atoms with Gasteiger partial charge in [0.25, 0.3) is 0 Å². The molecule has 3 rings (SSSR count). The maximum absolute atomic E-state index is 12.0. The Morgan fingerprint density at radius 1 is 0.958 bits per heavy atom. The van der Waals surface area contributed by atoms with Gasteiger partial charge in [-0.2, -0.15) is 11.3 Å². The Morgan fingerprint density at radius 3 is 2.46 bits per heavy atom. The lowest BCUT2D eigenvalue weighted by Crippen LogP contribution is -2.12. The van der Waals surface area contributed by atoms with E-state index in [9.17, 15) is 4.79 Å². The molecule has 3 nitrogen and oxygen atoms in total. The number of carbonyl (C=O) groups excluding carboxylic acids is 1. The van der Waals surface area contributed by atoms with Crippen molar-refractivity contribution in [3.8, 4) is 5.75 Å². The van der Waals surface area contributed by atoms with Crippen LogP contribution < -0.4 is 10.1 Å². The van der Waals surface area contributed by atoms with Crippen molar-refractivity contribution in [1.82, 2.24) is 0 Å². The molecule has 0 aliphatic carbocycles. The Labute approximate surface area is 145 Å². The molecular weight excluding hydrogens is 318 g/mol. The predicted octanol–water partition coefficient (Wildman–Crippen LogP) is 4.90. The molecular formula is C20H19NO2S. The lowest BCUT2D eigenvalue weighted by atomic mass is 10.2. The summed E-state index contributed by atoms with van der Waals surface area (Å²) in [5.74, 6) is 0.814. The molecule has 1 amide bonds. The Bertz CT molecular complexity index is 752. The Hall–Kier alpha value is -2.59. The van der Waals surface area contributed by atoms with E-state index in [2.05, 4.69) is 16.8 Å². The minimum atomic E-state index is 0.0270. The third-order valence-electron chi connectivity index (χ3n) is 3.61. The van der Waals surface area contributed by atoms with Gasteiger partial charge in [-0.15, -0.1) is 0 Å². The number of rotatable bonds is 7. The highest BCUT2D eigenvalue weighted by atomic mass is 32.1. The van der Waals surface area contributed by atoms with Crippen molar-refractivity contribution in [2.45, 2.75) is 19.4 Å². The predicted molar refractivity (Wildman–Crippen MR) is 98.5 cm³/mol. The van der Waals surface area contributed by atoms with Crippen molar-refractivity contribution >= 4 is 22.9 Å². The van der Waals surface area contributed by atoms with Crippen LogP contribution in [0.5, 0.6) is 5.75 Å². The van der Waals surface area contributed by atoms with Crippen molar-refractivity contribution < 1.29 is 9.53 Å². The van der Waals surface area contributed by atoms with Crippen molar-refractivity contribution in [2.24, 2.45) is 0 Å². The second-order valence-electron chi connectivity index (χ2n) is 5.48. The molecule has 4 heteroatoms. The first-order chi connectivity index (χ1) is 11.8. The fourth-order valence-corrected chi connectivity index (χ4v) is 2.99. The van der Waals surface area contributed by atoms with Crippen molar-refractivity contribution in [2.75, 3.05) is 5.32 Å². The van der Waals surface area contributed by atoms with Crippen molar-refractivity contribution in [1.29, 1.82) is 0 Å². The third-order valence-corrected chi connectivity index (χ3v) is 4.34. The highest BCUT2D eigenvalue weighted by Gasteiger charge is 2.04. The first kappa shape index (κ1) is 16.3. The SMILES string of the molecule is O=C(CCc1ccsc1)Nc1ccc(OCc2ccccc2)cc1. The Kier molecular flexibility index (Phi) is 5.64. The Morgan fingerprint density at radius 2 is 1.75 bits per heavy atom. The van der Waals surface area contributed by atoms with Gasteiger partial charge >= 0.3 is 0 Å². The average Bonchev–Trinajstić information content (AvgIpc) is 3.14. The summed E-state index contributed by atoms with van der Waals surface area (Å²) in [4.78, 5) is 12.0. The molecule has 0 radical (unpaired) electrons. The second kappa shape index (κ2) is 8.31.